The van der Waals surface area contributed by atoms with Crippen molar-refractivity contribution in [2.24, 2.45) is 0 Å². The topological polar surface area (TPSA) is 152 Å². The molecule has 5 rings (SSSR count). The quantitative estimate of drug-likeness (QED) is 0.0667. The fourth-order valence-corrected chi connectivity index (χ4v) is 5.25. The van der Waals surface area contributed by atoms with Gasteiger partial charge in [-0.2, -0.15) is 0 Å². The number of ether oxygens (including phenoxy) is 3. The van der Waals surface area contributed by atoms with Gasteiger partial charge in [0.25, 0.3) is 0 Å². The molecule has 52 heavy (non-hydrogen) atoms. The van der Waals surface area contributed by atoms with Crippen LogP contribution < -0.4 is 19.1 Å². The largest absolute Gasteiger partial charge is 0.491 e. The van der Waals surface area contributed by atoms with Crippen LogP contribution in [0.4, 0.5) is 17.1 Å². The van der Waals surface area contributed by atoms with Crippen molar-refractivity contribution in [3.63, 3.8) is 0 Å². The minimum Gasteiger partial charge on any atom is -0.491 e. The normalized spacial score (nSPS) is 12.8. The second-order valence-electron chi connectivity index (χ2n) is 12.3. The summed E-state index contributed by atoms with van der Waals surface area (Å²) in [5.41, 5.74) is 7.67. The lowest BCUT2D eigenvalue weighted by atomic mass is 9.95. The monoisotopic (exact) mass is 707 g/mol. The second kappa shape index (κ2) is 18.9. The highest BCUT2D eigenvalue weighted by Crippen LogP contribution is 2.36. The predicted molar refractivity (Wildman–Crippen MR) is 201 cm³/mol. The number of aliphatic hydroxyl groups is 6. The molecule has 3 unspecified atom stereocenters. The first kappa shape index (κ1) is 38.0. The van der Waals surface area contributed by atoms with E-state index in [1.165, 1.54) is 0 Å². The zero-order chi connectivity index (χ0) is 36.9. The molecule has 10 nitrogen and oxygen atoms in total. The average molecular weight is 708 g/mol. The molecule has 272 valence electrons. The van der Waals surface area contributed by atoms with Gasteiger partial charge in [0.15, 0.2) is 0 Å². The first-order valence-electron chi connectivity index (χ1n) is 17.0. The molecule has 0 aromatic heterocycles. The summed E-state index contributed by atoms with van der Waals surface area (Å²) in [4.78, 5) is 2.14. The molecule has 5 aromatic rings. The van der Waals surface area contributed by atoms with E-state index in [-0.39, 0.29) is 39.6 Å². The first-order chi connectivity index (χ1) is 25.3. The fraction of sp³-hybridized carbons (Fsp3) is 0.238. The van der Waals surface area contributed by atoms with E-state index in [4.69, 9.17) is 29.5 Å². The molecule has 0 saturated carbocycles. The first-order valence-corrected chi connectivity index (χ1v) is 17.0. The molecule has 10 heteroatoms. The fourth-order valence-electron chi connectivity index (χ4n) is 5.25. The van der Waals surface area contributed by atoms with E-state index < -0.39 is 18.3 Å². The summed E-state index contributed by atoms with van der Waals surface area (Å²) in [6, 6.07) is 39.0. The Bertz CT molecular complexity index is 1770. The van der Waals surface area contributed by atoms with Crippen molar-refractivity contribution >= 4 is 28.7 Å². The summed E-state index contributed by atoms with van der Waals surface area (Å²) in [5.74, 6) is 1.70. The van der Waals surface area contributed by atoms with Crippen molar-refractivity contribution in [2.75, 3.05) is 44.5 Å². The Hall–Kier alpha value is -5.20. The van der Waals surface area contributed by atoms with E-state index in [1.54, 1.807) is 0 Å². The maximum Gasteiger partial charge on any atom is 0.119 e. The second-order valence-corrected chi connectivity index (χ2v) is 12.3. The summed E-state index contributed by atoms with van der Waals surface area (Å²) in [6.07, 6.45) is -0.799. The molecule has 0 amide bonds. The molecule has 0 aliphatic rings. The molecule has 6 N–H and O–H groups in total. The summed E-state index contributed by atoms with van der Waals surface area (Å²) >= 11 is 0. The minimum absolute atomic E-state index is 0.00609. The Morgan fingerprint density at radius 2 is 0.827 bits per heavy atom. The number of hydrogen-bond donors (Lipinski definition) is 6. The Balaban J connectivity index is 1.46. The SMILES string of the molecule is Cc1ccc(N(c2ccc(C=C(c3ccc(OCC(O)CO)cc3)c3ccc(OCC(O)CO)cc3)cc2)c2ccc(OCC(O)CO)cc2)cc1. The molecule has 0 saturated heterocycles. The van der Waals surface area contributed by atoms with Crippen molar-refractivity contribution in [1.29, 1.82) is 0 Å². The molecule has 0 heterocycles. The van der Waals surface area contributed by atoms with Gasteiger partial charge in [0.2, 0.25) is 0 Å². The number of aliphatic hydroxyl groups excluding tert-OH is 6. The highest BCUT2D eigenvalue weighted by Gasteiger charge is 2.14. The van der Waals surface area contributed by atoms with Gasteiger partial charge in [0.1, 0.15) is 55.4 Å². The van der Waals surface area contributed by atoms with Crippen molar-refractivity contribution in [1.82, 2.24) is 0 Å². The van der Waals surface area contributed by atoms with Crippen LogP contribution in [0.5, 0.6) is 17.2 Å². The molecule has 3 atom stereocenters. The lowest BCUT2D eigenvalue weighted by molar-refractivity contribution is 0.0536. The molecule has 0 spiro atoms. The van der Waals surface area contributed by atoms with Gasteiger partial charge in [0, 0.05) is 17.1 Å². The van der Waals surface area contributed by atoms with Crippen LogP contribution in [0.25, 0.3) is 11.6 Å². The van der Waals surface area contributed by atoms with E-state index in [0.717, 1.165) is 44.9 Å². The number of aryl methyl sites for hydroxylation is 1. The van der Waals surface area contributed by atoms with Crippen LogP contribution in [0.15, 0.2) is 121 Å². The number of hydrogen-bond acceptors (Lipinski definition) is 10. The highest BCUT2D eigenvalue weighted by molar-refractivity contribution is 5.92. The van der Waals surface area contributed by atoms with Crippen molar-refractivity contribution < 1.29 is 44.8 Å². The lowest BCUT2D eigenvalue weighted by Crippen LogP contribution is -2.21. The number of rotatable bonds is 18. The minimum atomic E-state index is -0.968. The van der Waals surface area contributed by atoms with E-state index in [0.29, 0.717) is 17.2 Å². The molecule has 0 aliphatic heterocycles. The third kappa shape index (κ3) is 10.7. The third-order valence-corrected chi connectivity index (χ3v) is 8.14. The maximum absolute atomic E-state index is 9.69. The van der Waals surface area contributed by atoms with E-state index in [9.17, 15) is 15.3 Å². The smallest absolute Gasteiger partial charge is 0.119 e. The number of anilines is 3. The summed E-state index contributed by atoms with van der Waals surface area (Å²) in [6.45, 7) is 0.852. The van der Waals surface area contributed by atoms with Crippen molar-refractivity contribution in [3.8, 4) is 17.2 Å². The molecule has 0 fully saturated rings. The van der Waals surface area contributed by atoms with Gasteiger partial charge in [0.05, 0.1) is 19.8 Å². The molecule has 5 aromatic carbocycles. The Kier molecular flexibility index (Phi) is 13.8. The van der Waals surface area contributed by atoms with Crippen LogP contribution in [0.3, 0.4) is 0 Å². The zero-order valence-electron chi connectivity index (χ0n) is 29.0. The van der Waals surface area contributed by atoms with Gasteiger partial charge >= 0.3 is 0 Å². The van der Waals surface area contributed by atoms with Crippen LogP contribution in [0.2, 0.25) is 0 Å². The zero-order valence-corrected chi connectivity index (χ0v) is 29.0. The molecule has 0 bridgehead atoms. The van der Waals surface area contributed by atoms with Gasteiger partial charge < -0.3 is 49.7 Å². The van der Waals surface area contributed by atoms with Gasteiger partial charge in [-0.1, -0.05) is 54.1 Å². The van der Waals surface area contributed by atoms with Gasteiger partial charge in [-0.05, 0) is 108 Å². The molecule has 0 aliphatic carbocycles. The summed E-state index contributed by atoms with van der Waals surface area (Å²) in [7, 11) is 0. The van der Waals surface area contributed by atoms with Gasteiger partial charge in [-0.25, -0.2) is 0 Å². The van der Waals surface area contributed by atoms with Crippen LogP contribution in [-0.2, 0) is 0 Å². The number of benzene rings is 5. The Labute approximate surface area is 303 Å². The van der Waals surface area contributed by atoms with Gasteiger partial charge in [-0.3, -0.25) is 0 Å². The van der Waals surface area contributed by atoms with Crippen molar-refractivity contribution in [2.45, 2.75) is 25.2 Å². The average Bonchev–Trinajstić information content (AvgIpc) is 3.19. The summed E-state index contributed by atoms with van der Waals surface area (Å²) < 4.78 is 16.9. The third-order valence-electron chi connectivity index (χ3n) is 8.14. The Morgan fingerprint density at radius 3 is 1.19 bits per heavy atom. The maximum atomic E-state index is 9.69. The molecule has 0 radical (unpaired) electrons. The molecular weight excluding hydrogens is 662 g/mol. The van der Waals surface area contributed by atoms with Crippen LogP contribution in [0, 0.1) is 6.92 Å². The highest BCUT2D eigenvalue weighted by atomic mass is 16.5. The molecular formula is C42H45NO9. The van der Waals surface area contributed by atoms with Crippen LogP contribution in [-0.4, -0.2) is 88.6 Å². The lowest BCUT2D eigenvalue weighted by Gasteiger charge is -2.26. The van der Waals surface area contributed by atoms with E-state index in [2.05, 4.69) is 47.4 Å². The Morgan fingerprint density at radius 1 is 0.500 bits per heavy atom. The van der Waals surface area contributed by atoms with Crippen molar-refractivity contribution in [3.05, 3.63) is 144 Å². The number of nitrogens with zero attached hydrogens (tertiary/aromatic N) is 1. The van der Waals surface area contributed by atoms with Crippen LogP contribution in [0.1, 0.15) is 22.3 Å². The standard InChI is InChI=1S/C42H45NO9/c1-29-2-10-33(11-3-29)43(35-14-20-41(21-15-35)52-28-38(49)25-46)34-12-4-30(5-13-34)22-42(31-6-16-39(17-7-31)50-26-36(47)23-44)32-8-18-40(19-9-32)51-27-37(48)24-45/h2-22,36-38,44-49H,23-28H2,1H3. The van der Waals surface area contributed by atoms with E-state index in [1.807, 2.05) is 91.9 Å². The van der Waals surface area contributed by atoms with Gasteiger partial charge in [-0.15, -0.1) is 0 Å². The summed E-state index contributed by atoms with van der Waals surface area (Å²) in [5, 5.41) is 56.4. The van der Waals surface area contributed by atoms with Crippen LogP contribution >= 0.6 is 0 Å². The predicted octanol–water partition coefficient (Wildman–Crippen LogP) is 5.25. The van der Waals surface area contributed by atoms with E-state index >= 15 is 0 Å².